The van der Waals surface area contributed by atoms with Gasteiger partial charge in [0.15, 0.2) is 11.5 Å². The van der Waals surface area contributed by atoms with Crippen molar-refractivity contribution >= 4 is 27.5 Å². The Morgan fingerprint density at radius 1 is 0.907 bits per heavy atom. The number of fused-ring (bicyclic) bond motifs is 1. The van der Waals surface area contributed by atoms with Crippen molar-refractivity contribution in [1.29, 1.82) is 0 Å². The van der Waals surface area contributed by atoms with Crippen LogP contribution in [0.15, 0.2) is 78.9 Å². The van der Waals surface area contributed by atoms with Gasteiger partial charge in [-0.3, -0.25) is 13.9 Å². The quantitative estimate of drug-likeness (QED) is 0.288. The second kappa shape index (κ2) is 14.9. The Labute approximate surface area is 254 Å². The number of ether oxygens (including phenoxy) is 2. The molecule has 230 valence electrons. The number of anilines is 1. The first-order valence-electron chi connectivity index (χ1n) is 14.7. The van der Waals surface area contributed by atoms with Crippen molar-refractivity contribution in [1.82, 2.24) is 10.2 Å². The smallest absolute Gasteiger partial charge is 0.243 e. The highest BCUT2D eigenvalue weighted by molar-refractivity contribution is 7.92. The van der Waals surface area contributed by atoms with Crippen molar-refractivity contribution < 1.29 is 27.5 Å². The van der Waals surface area contributed by atoms with Gasteiger partial charge in [0.05, 0.1) is 11.9 Å². The van der Waals surface area contributed by atoms with Crippen LogP contribution in [0.5, 0.6) is 11.5 Å². The third kappa shape index (κ3) is 8.97. The summed E-state index contributed by atoms with van der Waals surface area (Å²) in [6.45, 7) is 5.10. The zero-order valence-corrected chi connectivity index (χ0v) is 25.9. The van der Waals surface area contributed by atoms with E-state index in [-0.39, 0.29) is 43.8 Å². The summed E-state index contributed by atoms with van der Waals surface area (Å²) in [5.41, 5.74) is 2.29. The third-order valence-corrected chi connectivity index (χ3v) is 8.63. The van der Waals surface area contributed by atoms with Crippen LogP contribution in [0.1, 0.15) is 44.2 Å². The van der Waals surface area contributed by atoms with E-state index in [2.05, 4.69) is 5.32 Å². The Balaban J connectivity index is 1.56. The molecule has 0 spiro atoms. The van der Waals surface area contributed by atoms with Gasteiger partial charge in [-0.2, -0.15) is 0 Å². The second-order valence-corrected chi connectivity index (χ2v) is 12.7. The number of carbonyl (C=O) groups is 2. The monoisotopic (exact) mass is 607 g/mol. The third-order valence-electron chi connectivity index (χ3n) is 7.43. The molecule has 0 unspecified atom stereocenters. The number of nitrogens with zero attached hydrogens (tertiary/aromatic N) is 2. The van der Waals surface area contributed by atoms with E-state index in [1.54, 1.807) is 23.1 Å². The molecule has 1 aliphatic rings. The molecule has 9 nitrogen and oxygen atoms in total. The number of hydrogen-bond donors (Lipinski definition) is 1. The molecule has 3 aromatic rings. The van der Waals surface area contributed by atoms with Crippen LogP contribution >= 0.6 is 0 Å². The van der Waals surface area contributed by atoms with E-state index >= 15 is 0 Å². The first kappa shape index (κ1) is 31.9. The number of carbonyl (C=O) groups excluding carboxylic acids is 2. The predicted molar refractivity (Wildman–Crippen MR) is 168 cm³/mol. The van der Waals surface area contributed by atoms with Crippen LogP contribution in [0.4, 0.5) is 5.69 Å². The van der Waals surface area contributed by atoms with E-state index < -0.39 is 16.1 Å². The number of amides is 2. The summed E-state index contributed by atoms with van der Waals surface area (Å²) in [6.07, 6.45) is 2.58. The van der Waals surface area contributed by atoms with Crippen molar-refractivity contribution in [2.24, 2.45) is 0 Å². The van der Waals surface area contributed by atoms with Crippen LogP contribution in [0.2, 0.25) is 0 Å². The van der Waals surface area contributed by atoms with E-state index in [4.69, 9.17) is 9.47 Å². The minimum Gasteiger partial charge on any atom is -0.486 e. The van der Waals surface area contributed by atoms with Crippen LogP contribution in [0.3, 0.4) is 0 Å². The van der Waals surface area contributed by atoms with Gasteiger partial charge in [0.25, 0.3) is 0 Å². The lowest BCUT2D eigenvalue weighted by Crippen LogP contribution is -2.52. The van der Waals surface area contributed by atoms with Crippen molar-refractivity contribution in [3.05, 3.63) is 90.0 Å². The molecule has 10 heteroatoms. The Bertz CT molecular complexity index is 1470. The van der Waals surface area contributed by atoms with Crippen LogP contribution < -0.4 is 19.1 Å². The normalized spacial score (nSPS) is 13.9. The van der Waals surface area contributed by atoms with E-state index in [0.717, 1.165) is 23.8 Å². The number of rotatable bonds is 14. The summed E-state index contributed by atoms with van der Waals surface area (Å²) in [4.78, 5) is 29.2. The molecular weight excluding hydrogens is 566 g/mol. The lowest BCUT2D eigenvalue weighted by molar-refractivity contribution is -0.141. The standard InChI is InChI=1S/C33H41N3O6S/c1-4-25(2)34-33(38)29(22-26-12-7-5-8-13-26)35(24-27-14-9-6-10-15-27)32(37)16-11-19-36(43(3,39)40)28-17-18-30-31(23-28)42-21-20-41-30/h5-10,12-15,17-18,23,25,29H,4,11,16,19-22,24H2,1-3H3,(H,34,38)/t25-,29+/m0/s1. The molecule has 0 saturated heterocycles. The minimum atomic E-state index is -3.65. The first-order valence-corrected chi connectivity index (χ1v) is 16.6. The average molecular weight is 608 g/mol. The van der Waals surface area contributed by atoms with Crippen LogP contribution in [0, 0.1) is 0 Å². The summed E-state index contributed by atoms with van der Waals surface area (Å²) < 4.78 is 38.1. The Morgan fingerprint density at radius 3 is 2.16 bits per heavy atom. The van der Waals surface area contributed by atoms with Gasteiger partial charge < -0.3 is 19.7 Å². The van der Waals surface area contributed by atoms with Crippen LogP contribution in [-0.4, -0.2) is 63.2 Å². The molecule has 0 aromatic heterocycles. The van der Waals surface area contributed by atoms with E-state index in [0.29, 0.717) is 36.8 Å². The van der Waals surface area contributed by atoms with E-state index in [1.807, 2.05) is 74.5 Å². The molecule has 2 amide bonds. The Morgan fingerprint density at radius 2 is 1.53 bits per heavy atom. The molecule has 0 fully saturated rings. The maximum Gasteiger partial charge on any atom is 0.243 e. The van der Waals surface area contributed by atoms with Crippen LogP contribution in [0.25, 0.3) is 0 Å². The number of hydrogen-bond acceptors (Lipinski definition) is 6. The fourth-order valence-corrected chi connectivity index (χ4v) is 5.92. The van der Waals surface area contributed by atoms with Gasteiger partial charge in [-0.1, -0.05) is 67.6 Å². The molecule has 3 aromatic carbocycles. The molecule has 1 heterocycles. The summed E-state index contributed by atoms with van der Waals surface area (Å²) >= 11 is 0. The highest BCUT2D eigenvalue weighted by atomic mass is 32.2. The number of benzene rings is 3. The summed E-state index contributed by atoms with van der Waals surface area (Å²) in [5, 5.41) is 3.07. The van der Waals surface area contributed by atoms with Gasteiger partial charge in [0.2, 0.25) is 21.8 Å². The molecule has 0 bridgehead atoms. The topological polar surface area (TPSA) is 105 Å². The molecule has 4 rings (SSSR count). The largest absolute Gasteiger partial charge is 0.486 e. The van der Waals surface area contributed by atoms with Crippen molar-refractivity contribution in [2.75, 3.05) is 30.3 Å². The highest BCUT2D eigenvalue weighted by Gasteiger charge is 2.31. The van der Waals surface area contributed by atoms with Crippen molar-refractivity contribution in [3.63, 3.8) is 0 Å². The van der Waals surface area contributed by atoms with Gasteiger partial charge in [0, 0.05) is 38.0 Å². The molecule has 0 radical (unpaired) electrons. The van der Waals surface area contributed by atoms with E-state index in [1.165, 1.54) is 4.31 Å². The maximum absolute atomic E-state index is 13.9. The average Bonchev–Trinajstić information content (AvgIpc) is 3.01. The number of sulfonamides is 1. The van der Waals surface area contributed by atoms with Gasteiger partial charge >= 0.3 is 0 Å². The molecule has 43 heavy (non-hydrogen) atoms. The highest BCUT2D eigenvalue weighted by Crippen LogP contribution is 2.34. The van der Waals surface area contributed by atoms with Gasteiger partial charge in [-0.25, -0.2) is 8.42 Å². The van der Waals surface area contributed by atoms with Gasteiger partial charge in [0.1, 0.15) is 19.3 Å². The predicted octanol–water partition coefficient (Wildman–Crippen LogP) is 4.56. The zero-order chi connectivity index (χ0) is 30.8. The number of nitrogens with one attached hydrogen (secondary N) is 1. The fourth-order valence-electron chi connectivity index (χ4n) is 4.97. The SMILES string of the molecule is CC[C@H](C)NC(=O)[C@@H](Cc1ccccc1)N(Cc1ccccc1)C(=O)CCCN(c1ccc2c(c1)OCCO2)S(C)(=O)=O. The molecule has 2 atom stereocenters. The minimum absolute atomic E-state index is 0.0474. The first-order chi connectivity index (χ1) is 20.7. The molecule has 0 saturated carbocycles. The second-order valence-electron chi connectivity index (χ2n) is 10.8. The maximum atomic E-state index is 13.9. The summed E-state index contributed by atoms with van der Waals surface area (Å²) in [7, 11) is -3.65. The summed E-state index contributed by atoms with van der Waals surface area (Å²) in [5.74, 6) is 0.616. The van der Waals surface area contributed by atoms with Crippen molar-refractivity contribution in [2.45, 2.75) is 58.2 Å². The summed E-state index contributed by atoms with van der Waals surface area (Å²) in [6, 6.07) is 23.4. The van der Waals surface area contributed by atoms with Crippen LogP contribution in [-0.2, 0) is 32.6 Å². The lowest BCUT2D eigenvalue weighted by atomic mass is 10.0. The fraction of sp³-hybridized carbons (Fsp3) is 0.394. The van der Waals surface area contributed by atoms with Crippen molar-refractivity contribution in [3.8, 4) is 11.5 Å². The molecule has 1 aliphatic heterocycles. The van der Waals surface area contributed by atoms with Gasteiger partial charge in [-0.15, -0.1) is 0 Å². The molecule has 1 N–H and O–H groups in total. The molecular formula is C33H41N3O6S. The van der Waals surface area contributed by atoms with Gasteiger partial charge in [-0.05, 0) is 43.0 Å². The zero-order valence-electron chi connectivity index (χ0n) is 25.1. The van der Waals surface area contributed by atoms with E-state index in [9.17, 15) is 18.0 Å². The lowest BCUT2D eigenvalue weighted by Gasteiger charge is -2.32. The Kier molecular flexibility index (Phi) is 11.1. The molecule has 0 aliphatic carbocycles. The Hall–Kier alpha value is -4.05.